The first kappa shape index (κ1) is 17.2. The SMILES string of the molecule is COc1ccc(-c2cc(N/N=C/c3ccc(Cl)cc3)nnc2Cl)cc1. The Morgan fingerprint density at radius 2 is 1.72 bits per heavy atom. The Kier molecular flexibility index (Phi) is 5.48. The van der Waals surface area contributed by atoms with Crippen LogP contribution in [0.25, 0.3) is 11.1 Å². The van der Waals surface area contributed by atoms with Gasteiger partial charge < -0.3 is 4.74 Å². The standard InChI is InChI=1S/C18H14Cl2N4O/c1-25-15-8-4-13(5-9-15)16-10-17(23-24-18(16)20)22-21-11-12-2-6-14(19)7-3-12/h2-11H,1H3,(H,22,23)/b21-11+. The fraction of sp³-hybridized carbons (Fsp3) is 0.0556. The molecule has 1 aromatic heterocycles. The van der Waals surface area contributed by atoms with E-state index in [1.54, 1.807) is 31.5 Å². The molecule has 2 aromatic carbocycles. The predicted molar refractivity (Wildman–Crippen MR) is 102 cm³/mol. The van der Waals surface area contributed by atoms with E-state index >= 15 is 0 Å². The molecule has 7 heteroatoms. The maximum Gasteiger partial charge on any atom is 0.169 e. The van der Waals surface area contributed by atoms with Crippen LogP contribution in [0.4, 0.5) is 5.82 Å². The van der Waals surface area contributed by atoms with Crippen molar-refractivity contribution >= 4 is 35.2 Å². The first-order valence-electron chi connectivity index (χ1n) is 7.38. The van der Waals surface area contributed by atoms with E-state index in [4.69, 9.17) is 27.9 Å². The van der Waals surface area contributed by atoms with Crippen molar-refractivity contribution in [3.63, 3.8) is 0 Å². The highest BCUT2D eigenvalue weighted by Crippen LogP contribution is 2.28. The largest absolute Gasteiger partial charge is 0.497 e. The molecule has 0 atom stereocenters. The average Bonchev–Trinajstić information content (AvgIpc) is 2.65. The number of methoxy groups -OCH3 is 1. The summed E-state index contributed by atoms with van der Waals surface area (Å²) in [6.45, 7) is 0. The third-order valence-electron chi connectivity index (χ3n) is 3.41. The van der Waals surface area contributed by atoms with Crippen molar-refractivity contribution in [1.82, 2.24) is 10.2 Å². The van der Waals surface area contributed by atoms with Crippen molar-refractivity contribution in [2.75, 3.05) is 12.5 Å². The van der Waals surface area contributed by atoms with E-state index in [2.05, 4.69) is 20.7 Å². The van der Waals surface area contributed by atoms with Crippen LogP contribution in [0.5, 0.6) is 5.75 Å². The molecule has 0 aliphatic rings. The summed E-state index contributed by atoms with van der Waals surface area (Å²) in [5, 5.41) is 13.1. The number of hydrogen-bond donors (Lipinski definition) is 1. The van der Waals surface area contributed by atoms with Gasteiger partial charge in [-0.25, -0.2) is 0 Å². The Morgan fingerprint density at radius 3 is 2.40 bits per heavy atom. The second kappa shape index (κ2) is 7.96. The summed E-state index contributed by atoms with van der Waals surface area (Å²) in [7, 11) is 1.62. The molecule has 0 saturated heterocycles. The quantitative estimate of drug-likeness (QED) is 0.510. The van der Waals surface area contributed by atoms with Gasteiger partial charge in [-0.2, -0.15) is 5.10 Å². The van der Waals surface area contributed by atoms with Crippen LogP contribution in [0, 0.1) is 0 Å². The molecule has 0 bridgehead atoms. The summed E-state index contributed by atoms with van der Waals surface area (Å²) in [6.07, 6.45) is 1.67. The third-order valence-corrected chi connectivity index (χ3v) is 3.94. The molecule has 1 N–H and O–H groups in total. The van der Waals surface area contributed by atoms with Crippen molar-refractivity contribution in [2.24, 2.45) is 5.10 Å². The zero-order valence-electron chi connectivity index (χ0n) is 13.3. The van der Waals surface area contributed by atoms with Crippen molar-refractivity contribution in [2.45, 2.75) is 0 Å². The second-order valence-electron chi connectivity index (χ2n) is 5.08. The first-order valence-corrected chi connectivity index (χ1v) is 8.13. The van der Waals surface area contributed by atoms with Crippen LogP contribution in [0.15, 0.2) is 59.7 Å². The van der Waals surface area contributed by atoms with Gasteiger partial charge in [-0.1, -0.05) is 47.5 Å². The normalized spacial score (nSPS) is 10.8. The number of hydrogen-bond acceptors (Lipinski definition) is 5. The molecular formula is C18H14Cl2N4O. The fourth-order valence-corrected chi connectivity index (χ4v) is 2.45. The highest BCUT2D eigenvalue weighted by molar-refractivity contribution is 6.32. The van der Waals surface area contributed by atoms with E-state index in [1.807, 2.05) is 36.4 Å². The van der Waals surface area contributed by atoms with Gasteiger partial charge in [0.15, 0.2) is 11.0 Å². The number of ether oxygens (including phenoxy) is 1. The molecule has 0 saturated carbocycles. The van der Waals surface area contributed by atoms with Crippen LogP contribution >= 0.6 is 23.2 Å². The lowest BCUT2D eigenvalue weighted by Crippen LogP contribution is -1.97. The van der Waals surface area contributed by atoms with Gasteiger partial charge in [-0.3, -0.25) is 5.43 Å². The number of rotatable bonds is 5. The number of nitrogens with one attached hydrogen (secondary N) is 1. The number of halogens is 2. The Morgan fingerprint density at radius 1 is 1.00 bits per heavy atom. The maximum absolute atomic E-state index is 6.17. The van der Waals surface area contributed by atoms with Gasteiger partial charge in [-0.05, 0) is 41.5 Å². The third kappa shape index (κ3) is 4.47. The fourth-order valence-electron chi connectivity index (χ4n) is 2.13. The molecule has 1 heterocycles. The number of anilines is 1. The molecule has 0 aliphatic carbocycles. The molecule has 3 aromatic rings. The van der Waals surface area contributed by atoms with Crippen LogP contribution in [-0.2, 0) is 0 Å². The molecule has 25 heavy (non-hydrogen) atoms. The monoisotopic (exact) mass is 372 g/mol. The Hall–Kier alpha value is -2.63. The minimum atomic E-state index is 0.317. The molecule has 0 amide bonds. The van der Waals surface area contributed by atoms with Gasteiger partial charge in [0.2, 0.25) is 0 Å². The van der Waals surface area contributed by atoms with E-state index < -0.39 is 0 Å². The van der Waals surface area contributed by atoms with Gasteiger partial charge >= 0.3 is 0 Å². The topological polar surface area (TPSA) is 59.4 Å². The van der Waals surface area contributed by atoms with Crippen LogP contribution < -0.4 is 10.2 Å². The highest BCUT2D eigenvalue weighted by atomic mass is 35.5. The number of aromatic nitrogens is 2. The van der Waals surface area contributed by atoms with E-state index in [9.17, 15) is 0 Å². The predicted octanol–water partition coefficient (Wildman–Crippen LogP) is 4.91. The lowest BCUT2D eigenvalue weighted by molar-refractivity contribution is 0.415. The molecule has 0 spiro atoms. The van der Waals surface area contributed by atoms with Gasteiger partial charge in [0.25, 0.3) is 0 Å². The van der Waals surface area contributed by atoms with Crippen molar-refractivity contribution in [3.8, 4) is 16.9 Å². The number of hydrazone groups is 1. The minimum absolute atomic E-state index is 0.317. The number of nitrogens with zero attached hydrogens (tertiary/aromatic N) is 3. The van der Waals surface area contributed by atoms with Gasteiger partial charge in [0, 0.05) is 10.6 Å². The van der Waals surface area contributed by atoms with Crippen LogP contribution in [-0.4, -0.2) is 23.5 Å². The highest BCUT2D eigenvalue weighted by Gasteiger charge is 2.08. The molecular weight excluding hydrogens is 359 g/mol. The summed E-state index contributed by atoms with van der Waals surface area (Å²) < 4.78 is 5.16. The molecule has 5 nitrogen and oxygen atoms in total. The van der Waals surface area contributed by atoms with E-state index in [1.165, 1.54) is 0 Å². The van der Waals surface area contributed by atoms with E-state index in [0.29, 0.717) is 16.0 Å². The lowest BCUT2D eigenvalue weighted by Gasteiger charge is -2.07. The minimum Gasteiger partial charge on any atom is -0.497 e. The summed E-state index contributed by atoms with van der Waals surface area (Å²) in [6, 6.07) is 16.6. The van der Waals surface area contributed by atoms with Crippen molar-refractivity contribution < 1.29 is 4.74 Å². The summed E-state index contributed by atoms with van der Waals surface area (Å²) >= 11 is 12.0. The molecule has 126 valence electrons. The van der Waals surface area contributed by atoms with Gasteiger partial charge in [-0.15, -0.1) is 10.2 Å². The molecule has 0 radical (unpaired) electrons. The van der Waals surface area contributed by atoms with Crippen LogP contribution in [0.1, 0.15) is 5.56 Å². The Balaban J connectivity index is 1.77. The zero-order valence-corrected chi connectivity index (χ0v) is 14.8. The average molecular weight is 373 g/mol. The van der Waals surface area contributed by atoms with Crippen molar-refractivity contribution in [1.29, 1.82) is 0 Å². The smallest absolute Gasteiger partial charge is 0.169 e. The molecule has 0 unspecified atom stereocenters. The van der Waals surface area contributed by atoms with Crippen LogP contribution in [0.3, 0.4) is 0 Å². The van der Waals surface area contributed by atoms with Crippen molar-refractivity contribution in [3.05, 3.63) is 70.3 Å². The maximum atomic E-state index is 6.17. The molecule has 0 fully saturated rings. The van der Waals surface area contributed by atoms with E-state index in [-0.39, 0.29) is 0 Å². The Bertz CT molecular complexity index is 881. The second-order valence-corrected chi connectivity index (χ2v) is 5.88. The Labute approximate surface area is 155 Å². The molecule has 3 rings (SSSR count). The van der Waals surface area contributed by atoms with E-state index in [0.717, 1.165) is 22.4 Å². The van der Waals surface area contributed by atoms with Crippen LogP contribution in [0.2, 0.25) is 10.2 Å². The molecule has 0 aliphatic heterocycles. The summed E-state index contributed by atoms with van der Waals surface area (Å²) in [5.74, 6) is 1.26. The zero-order chi connectivity index (χ0) is 17.6. The summed E-state index contributed by atoms with van der Waals surface area (Å²) in [4.78, 5) is 0. The first-order chi connectivity index (χ1) is 12.2. The summed E-state index contributed by atoms with van der Waals surface area (Å²) in [5.41, 5.74) is 5.42. The lowest BCUT2D eigenvalue weighted by atomic mass is 10.1. The number of benzene rings is 2. The van der Waals surface area contributed by atoms with Gasteiger partial charge in [0.1, 0.15) is 5.75 Å². The van der Waals surface area contributed by atoms with Gasteiger partial charge in [0.05, 0.1) is 13.3 Å².